The third-order valence-electron chi connectivity index (χ3n) is 7.25. The van der Waals surface area contributed by atoms with Crippen molar-refractivity contribution in [3.8, 4) is 5.75 Å². The molecule has 2 heterocycles. The monoisotopic (exact) mass is 411 g/mol. The Labute approximate surface area is 181 Å². The topological polar surface area (TPSA) is 37.7 Å². The van der Waals surface area contributed by atoms with Crippen molar-refractivity contribution in [1.82, 2.24) is 14.4 Å². The highest BCUT2D eigenvalue weighted by molar-refractivity contribution is 6.08. The molecule has 0 bridgehead atoms. The first kappa shape index (κ1) is 21.2. The molecular weight excluding hydrogens is 374 g/mol. The van der Waals surface area contributed by atoms with Gasteiger partial charge in [-0.1, -0.05) is 38.3 Å². The van der Waals surface area contributed by atoms with Gasteiger partial charge in [0.05, 0.1) is 18.2 Å². The van der Waals surface area contributed by atoms with E-state index in [4.69, 9.17) is 4.74 Å². The van der Waals surface area contributed by atoms with Crippen molar-refractivity contribution in [2.45, 2.75) is 71.5 Å². The maximum absolute atomic E-state index is 13.7. The van der Waals surface area contributed by atoms with Gasteiger partial charge < -0.3 is 14.2 Å². The zero-order chi connectivity index (χ0) is 21.3. The molecule has 0 radical (unpaired) electrons. The number of aromatic nitrogens is 1. The number of ether oxygens (including phenoxy) is 1. The van der Waals surface area contributed by atoms with Crippen LogP contribution in [0.4, 0.5) is 0 Å². The van der Waals surface area contributed by atoms with Crippen LogP contribution in [0.1, 0.15) is 63.2 Å². The largest absolute Gasteiger partial charge is 0.495 e. The van der Waals surface area contributed by atoms with Gasteiger partial charge in [0.2, 0.25) is 0 Å². The molecule has 1 aliphatic heterocycles. The van der Waals surface area contributed by atoms with E-state index in [1.54, 1.807) is 7.11 Å². The first-order valence-corrected chi connectivity index (χ1v) is 11.7. The van der Waals surface area contributed by atoms with Gasteiger partial charge in [-0.3, -0.25) is 9.69 Å². The van der Waals surface area contributed by atoms with Crippen LogP contribution in [0, 0.1) is 5.92 Å². The highest BCUT2D eigenvalue weighted by Crippen LogP contribution is 2.34. The van der Waals surface area contributed by atoms with E-state index in [2.05, 4.69) is 47.4 Å². The molecule has 5 heteroatoms. The van der Waals surface area contributed by atoms with Crippen molar-refractivity contribution in [3.05, 3.63) is 30.0 Å². The zero-order valence-electron chi connectivity index (χ0n) is 19.1. The van der Waals surface area contributed by atoms with Gasteiger partial charge in [-0.2, -0.15) is 0 Å². The van der Waals surface area contributed by atoms with Crippen LogP contribution in [0.3, 0.4) is 0 Å². The summed E-state index contributed by atoms with van der Waals surface area (Å²) in [4.78, 5) is 18.2. The summed E-state index contributed by atoms with van der Waals surface area (Å²) in [5.74, 6) is 1.71. The van der Waals surface area contributed by atoms with Gasteiger partial charge in [0.15, 0.2) is 0 Å². The van der Waals surface area contributed by atoms with Gasteiger partial charge in [-0.05, 0) is 45.2 Å². The Kier molecular flexibility index (Phi) is 6.37. The van der Waals surface area contributed by atoms with Crippen LogP contribution in [0.2, 0.25) is 0 Å². The number of amides is 1. The number of para-hydroxylation sites is 1. The minimum Gasteiger partial charge on any atom is -0.495 e. The van der Waals surface area contributed by atoms with Crippen molar-refractivity contribution in [1.29, 1.82) is 0 Å². The molecule has 0 unspecified atom stereocenters. The molecule has 30 heavy (non-hydrogen) atoms. The summed E-state index contributed by atoms with van der Waals surface area (Å²) in [7, 11) is 1.72. The number of fused-ring (bicyclic) bond motifs is 1. The summed E-state index contributed by atoms with van der Waals surface area (Å²) in [5, 5.41) is 1.02. The van der Waals surface area contributed by atoms with E-state index in [1.165, 1.54) is 32.1 Å². The second-order valence-corrected chi connectivity index (χ2v) is 9.29. The highest BCUT2D eigenvalue weighted by Gasteiger charge is 2.32. The summed E-state index contributed by atoms with van der Waals surface area (Å²) < 4.78 is 8.00. The van der Waals surface area contributed by atoms with Gasteiger partial charge in [0, 0.05) is 43.3 Å². The lowest BCUT2D eigenvalue weighted by atomic mass is 9.89. The number of carbonyl (C=O) groups excluding carboxylic acids is 1. The smallest absolute Gasteiger partial charge is 0.256 e. The molecule has 2 fully saturated rings. The Morgan fingerprint density at radius 1 is 1.10 bits per heavy atom. The van der Waals surface area contributed by atoms with Crippen LogP contribution in [0.5, 0.6) is 5.75 Å². The normalized spacial score (nSPS) is 23.8. The number of methoxy groups -OCH3 is 1. The van der Waals surface area contributed by atoms with Gasteiger partial charge in [-0.25, -0.2) is 0 Å². The van der Waals surface area contributed by atoms with Crippen LogP contribution >= 0.6 is 0 Å². The third kappa shape index (κ3) is 3.96. The predicted octanol–water partition coefficient (Wildman–Crippen LogP) is 4.78. The predicted molar refractivity (Wildman–Crippen MR) is 122 cm³/mol. The van der Waals surface area contributed by atoms with Crippen molar-refractivity contribution >= 4 is 16.8 Å². The number of likely N-dealkylation sites (N-methyl/N-ethyl adjacent to an activating group) is 1. The number of rotatable bonds is 5. The Bertz CT molecular complexity index is 872. The number of hydrogen-bond donors (Lipinski definition) is 0. The fourth-order valence-corrected chi connectivity index (χ4v) is 5.77. The zero-order valence-corrected chi connectivity index (χ0v) is 19.1. The van der Waals surface area contributed by atoms with Crippen LogP contribution in [0.25, 0.3) is 10.9 Å². The fraction of sp³-hybridized carbons (Fsp3) is 0.640. The summed E-state index contributed by atoms with van der Waals surface area (Å²) in [6.07, 6.45) is 8.68. The van der Waals surface area contributed by atoms with Crippen LogP contribution in [-0.4, -0.2) is 59.1 Å². The van der Waals surface area contributed by atoms with E-state index in [0.717, 1.165) is 48.4 Å². The molecule has 2 atom stereocenters. The molecule has 0 spiro atoms. The average Bonchev–Trinajstić information content (AvgIpc) is 3.12. The average molecular weight is 412 g/mol. The maximum Gasteiger partial charge on any atom is 0.256 e. The SMILES string of the molecule is CCN1[C@H](C)CN(C(=O)c2cn(CC3CCCCC3)c3c(OC)cccc23)C[C@@H]1C. The molecule has 1 saturated carbocycles. The van der Waals surface area contributed by atoms with Crippen molar-refractivity contribution in [3.63, 3.8) is 0 Å². The maximum atomic E-state index is 13.7. The van der Waals surface area contributed by atoms with Crippen molar-refractivity contribution < 1.29 is 9.53 Å². The second-order valence-electron chi connectivity index (χ2n) is 9.29. The van der Waals surface area contributed by atoms with Crippen LogP contribution in [0.15, 0.2) is 24.4 Å². The van der Waals surface area contributed by atoms with Crippen LogP contribution < -0.4 is 4.74 Å². The summed E-state index contributed by atoms with van der Waals surface area (Å²) in [6, 6.07) is 6.86. The Hall–Kier alpha value is -2.01. The standard InChI is InChI=1S/C25H37N3O2/c1-5-28-18(2)14-27(15-19(28)3)25(29)22-17-26(16-20-10-7-6-8-11-20)24-21(22)12-9-13-23(24)30-4/h9,12-13,17-20H,5-8,10-11,14-16H2,1-4H3/t18-,19+. The first-order chi connectivity index (χ1) is 14.5. The molecule has 2 aromatic rings. The van der Waals surface area contributed by atoms with Crippen molar-refractivity contribution in [2.75, 3.05) is 26.7 Å². The first-order valence-electron chi connectivity index (χ1n) is 11.7. The Morgan fingerprint density at radius 2 is 1.80 bits per heavy atom. The molecule has 4 rings (SSSR count). The number of nitrogens with zero attached hydrogens (tertiary/aromatic N) is 3. The van der Waals surface area contributed by atoms with Gasteiger partial charge >= 0.3 is 0 Å². The van der Waals surface area contributed by atoms with Gasteiger partial charge in [0.25, 0.3) is 5.91 Å². The van der Waals surface area contributed by atoms with Crippen molar-refractivity contribution in [2.24, 2.45) is 5.92 Å². The Balaban J connectivity index is 1.67. The molecule has 1 amide bonds. The van der Waals surface area contributed by atoms with E-state index in [-0.39, 0.29) is 5.91 Å². The number of hydrogen-bond acceptors (Lipinski definition) is 3. The summed E-state index contributed by atoms with van der Waals surface area (Å²) in [5.41, 5.74) is 1.89. The molecule has 1 aromatic carbocycles. The third-order valence-corrected chi connectivity index (χ3v) is 7.25. The second kappa shape index (κ2) is 9.01. The lowest BCUT2D eigenvalue weighted by Gasteiger charge is -2.44. The van der Waals surface area contributed by atoms with E-state index >= 15 is 0 Å². The van der Waals surface area contributed by atoms with E-state index in [1.807, 2.05) is 12.1 Å². The molecule has 0 N–H and O–H groups in total. The molecule has 1 saturated heterocycles. The van der Waals surface area contributed by atoms with E-state index in [0.29, 0.717) is 18.0 Å². The number of piperazine rings is 1. The highest BCUT2D eigenvalue weighted by atomic mass is 16.5. The lowest BCUT2D eigenvalue weighted by Crippen LogP contribution is -2.57. The van der Waals surface area contributed by atoms with E-state index in [9.17, 15) is 4.79 Å². The molecule has 5 nitrogen and oxygen atoms in total. The minimum atomic E-state index is 0.158. The van der Waals surface area contributed by atoms with Gasteiger partial charge in [0.1, 0.15) is 5.75 Å². The lowest BCUT2D eigenvalue weighted by molar-refractivity contribution is 0.0331. The quantitative estimate of drug-likeness (QED) is 0.710. The summed E-state index contributed by atoms with van der Waals surface area (Å²) in [6.45, 7) is 10.2. The number of carbonyl (C=O) groups is 1. The molecular formula is C25H37N3O2. The molecule has 1 aromatic heterocycles. The van der Waals surface area contributed by atoms with Crippen LogP contribution in [-0.2, 0) is 6.54 Å². The summed E-state index contributed by atoms with van der Waals surface area (Å²) >= 11 is 0. The number of benzene rings is 1. The molecule has 164 valence electrons. The van der Waals surface area contributed by atoms with Gasteiger partial charge in [-0.15, -0.1) is 0 Å². The minimum absolute atomic E-state index is 0.158. The molecule has 2 aliphatic rings. The molecule has 1 aliphatic carbocycles. The Morgan fingerprint density at radius 3 is 2.43 bits per heavy atom. The van der Waals surface area contributed by atoms with E-state index < -0.39 is 0 Å². The fourth-order valence-electron chi connectivity index (χ4n) is 5.77.